The van der Waals surface area contributed by atoms with Crippen LogP contribution in [0.4, 0.5) is 0 Å². The van der Waals surface area contributed by atoms with E-state index < -0.39 is 0 Å². The Morgan fingerprint density at radius 3 is 1.66 bits per heavy atom. The van der Waals surface area contributed by atoms with Crippen LogP contribution in [0.1, 0.15) is 22.4 Å². The third kappa shape index (κ3) is 6.26. The summed E-state index contributed by atoms with van der Waals surface area (Å²) < 4.78 is 4.39. The highest BCUT2D eigenvalue weighted by molar-refractivity contribution is 6.09. The standard InChI is InChI=1S/C54H35N7/c1-3-4-23-46-35(2)41-19-10-13-24-48(41)60(46)51-30-28-38(32-45(51)42-20-9-8-18-39(42)33-55)54-58-52(36-16-6-5-7-17-36)57-53(59-54)37-27-29-47(40(31-37)34-56)61-49-25-14-11-21-43(49)44-22-12-15-26-50(44)61/h3-32H,1H2,2H3/b23-4-. The number of aromatic nitrogens is 5. The van der Waals surface area contributed by atoms with E-state index in [1.54, 1.807) is 6.08 Å². The van der Waals surface area contributed by atoms with Crippen LogP contribution in [0.2, 0.25) is 0 Å². The Hall–Kier alpha value is -8.65. The summed E-state index contributed by atoms with van der Waals surface area (Å²) in [5.74, 6) is 1.38. The Morgan fingerprint density at radius 1 is 0.492 bits per heavy atom. The first-order chi connectivity index (χ1) is 30.1. The number of benzene rings is 7. The highest BCUT2D eigenvalue weighted by Crippen LogP contribution is 2.39. The van der Waals surface area contributed by atoms with Gasteiger partial charge in [-0.2, -0.15) is 10.5 Å². The van der Waals surface area contributed by atoms with Crippen LogP contribution in [0.15, 0.2) is 183 Å². The highest BCUT2D eigenvalue weighted by atomic mass is 15.0. The maximum Gasteiger partial charge on any atom is 0.164 e. The number of nitrogens with zero attached hydrogens (tertiary/aromatic N) is 7. The Kier molecular flexibility index (Phi) is 9.18. The molecule has 61 heavy (non-hydrogen) atoms. The molecule has 0 fully saturated rings. The van der Waals surface area contributed by atoms with Crippen molar-refractivity contribution >= 4 is 38.8 Å². The maximum absolute atomic E-state index is 10.7. The molecule has 10 aromatic rings. The molecule has 0 saturated heterocycles. The van der Waals surface area contributed by atoms with E-state index in [2.05, 4.69) is 95.4 Å². The molecule has 0 unspecified atom stereocenters. The number of para-hydroxylation sites is 3. The summed E-state index contributed by atoms with van der Waals surface area (Å²) in [6.07, 6.45) is 5.79. The molecule has 0 amide bonds. The molecule has 7 heteroatoms. The van der Waals surface area contributed by atoms with E-state index in [0.717, 1.165) is 77.6 Å². The third-order valence-electron chi connectivity index (χ3n) is 11.3. The quantitative estimate of drug-likeness (QED) is 0.143. The highest BCUT2D eigenvalue weighted by Gasteiger charge is 2.22. The summed E-state index contributed by atoms with van der Waals surface area (Å²) >= 11 is 0. The molecular formula is C54H35N7. The average Bonchev–Trinajstić information content (AvgIpc) is 3.81. The first-order valence-corrected chi connectivity index (χ1v) is 19.9. The minimum Gasteiger partial charge on any atom is -0.309 e. The first kappa shape index (κ1) is 36.7. The van der Waals surface area contributed by atoms with Crippen LogP contribution >= 0.6 is 0 Å². The summed E-state index contributed by atoms with van der Waals surface area (Å²) in [6.45, 7) is 6.06. The fourth-order valence-electron chi connectivity index (χ4n) is 8.43. The molecular weight excluding hydrogens is 747 g/mol. The van der Waals surface area contributed by atoms with Crippen molar-refractivity contribution in [3.63, 3.8) is 0 Å². The summed E-state index contributed by atoms with van der Waals surface area (Å²) in [7, 11) is 0. The van der Waals surface area contributed by atoms with Crippen LogP contribution in [0, 0.1) is 29.6 Å². The van der Waals surface area contributed by atoms with Crippen LogP contribution < -0.4 is 0 Å². The van der Waals surface area contributed by atoms with Gasteiger partial charge in [-0.05, 0) is 79.2 Å². The first-order valence-electron chi connectivity index (χ1n) is 19.9. The molecule has 286 valence electrons. The number of hydrogen-bond donors (Lipinski definition) is 0. The van der Waals surface area contributed by atoms with E-state index in [-0.39, 0.29) is 0 Å². The van der Waals surface area contributed by atoms with E-state index in [1.165, 1.54) is 0 Å². The second-order valence-electron chi connectivity index (χ2n) is 14.7. The van der Waals surface area contributed by atoms with Crippen molar-refractivity contribution in [3.05, 3.63) is 205 Å². The lowest BCUT2D eigenvalue weighted by Gasteiger charge is -2.18. The molecule has 0 aliphatic heterocycles. The molecule has 3 heterocycles. The minimum absolute atomic E-state index is 0.432. The lowest BCUT2D eigenvalue weighted by atomic mass is 9.96. The fourth-order valence-corrected chi connectivity index (χ4v) is 8.43. The minimum atomic E-state index is 0.432. The molecule has 10 rings (SSSR count). The number of aryl methyl sites for hydroxylation is 1. The van der Waals surface area contributed by atoms with E-state index >= 15 is 0 Å². The zero-order valence-corrected chi connectivity index (χ0v) is 33.2. The van der Waals surface area contributed by atoms with Gasteiger partial charge in [0.2, 0.25) is 0 Å². The topological polar surface area (TPSA) is 96.1 Å². The Bertz CT molecular complexity index is 3430. The molecule has 7 aromatic carbocycles. The van der Waals surface area contributed by atoms with Gasteiger partial charge in [-0.3, -0.25) is 0 Å². The van der Waals surface area contributed by atoms with Crippen LogP contribution in [-0.2, 0) is 0 Å². The summed E-state index contributed by atoms with van der Waals surface area (Å²) in [5, 5.41) is 24.4. The van der Waals surface area contributed by atoms with Crippen LogP contribution in [0.25, 0.3) is 95.5 Å². The number of allylic oxidation sites excluding steroid dienone is 2. The van der Waals surface area contributed by atoms with Crippen LogP contribution in [0.5, 0.6) is 0 Å². The van der Waals surface area contributed by atoms with Crippen molar-refractivity contribution in [3.8, 4) is 68.8 Å². The van der Waals surface area contributed by atoms with E-state index in [1.807, 2.05) is 115 Å². The van der Waals surface area contributed by atoms with Gasteiger partial charge >= 0.3 is 0 Å². The van der Waals surface area contributed by atoms with Gasteiger partial charge in [-0.1, -0.05) is 122 Å². The molecule has 0 saturated carbocycles. The molecule has 0 bridgehead atoms. The van der Waals surface area contributed by atoms with Crippen LogP contribution in [0.3, 0.4) is 0 Å². The van der Waals surface area contributed by atoms with Gasteiger partial charge in [-0.15, -0.1) is 0 Å². The molecule has 7 nitrogen and oxygen atoms in total. The van der Waals surface area contributed by atoms with Crippen molar-refractivity contribution in [2.75, 3.05) is 0 Å². The van der Waals surface area contributed by atoms with Crippen molar-refractivity contribution in [1.82, 2.24) is 24.1 Å². The maximum atomic E-state index is 10.7. The normalized spacial score (nSPS) is 11.3. The van der Waals surface area contributed by atoms with Crippen molar-refractivity contribution in [2.45, 2.75) is 6.92 Å². The monoisotopic (exact) mass is 781 g/mol. The molecule has 0 atom stereocenters. The van der Waals surface area contributed by atoms with Crippen molar-refractivity contribution < 1.29 is 0 Å². The van der Waals surface area contributed by atoms with Gasteiger partial charge in [-0.25, -0.2) is 15.0 Å². The van der Waals surface area contributed by atoms with E-state index in [9.17, 15) is 10.5 Å². The second kappa shape index (κ2) is 15.3. The Labute approximate surface area is 352 Å². The van der Waals surface area contributed by atoms with Gasteiger partial charge in [0.25, 0.3) is 0 Å². The summed E-state index contributed by atoms with van der Waals surface area (Å²) in [5.41, 5.74) is 11.8. The van der Waals surface area contributed by atoms with Crippen molar-refractivity contribution in [1.29, 1.82) is 10.5 Å². The SMILES string of the molecule is C=C/C=C\c1c(C)c2ccccc2n1-c1ccc(-c2nc(-c3ccccc3)nc(-c3ccc(-n4c5ccccc5c5ccccc54)c(C#N)c3)n2)cc1-c1ccccc1C#N. The van der Waals surface area contributed by atoms with Gasteiger partial charge < -0.3 is 9.13 Å². The summed E-state index contributed by atoms with van der Waals surface area (Å²) in [6, 6.07) is 59.2. The summed E-state index contributed by atoms with van der Waals surface area (Å²) in [4.78, 5) is 15.2. The van der Waals surface area contributed by atoms with Crippen LogP contribution in [-0.4, -0.2) is 24.1 Å². The molecule has 0 N–H and O–H groups in total. The molecule has 0 spiro atoms. The van der Waals surface area contributed by atoms with Gasteiger partial charge in [0, 0.05) is 49.7 Å². The predicted molar refractivity (Wildman–Crippen MR) is 246 cm³/mol. The average molecular weight is 782 g/mol. The third-order valence-corrected chi connectivity index (χ3v) is 11.3. The lowest BCUT2D eigenvalue weighted by molar-refractivity contribution is 1.07. The number of hydrogen-bond acceptors (Lipinski definition) is 5. The van der Waals surface area contributed by atoms with E-state index in [0.29, 0.717) is 34.2 Å². The van der Waals surface area contributed by atoms with Gasteiger partial charge in [0.15, 0.2) is 17.5 Å². The second-order valence-corrected chi connectivity index (χ2v) is 14.7. The Balaban J connectivity index is 1.19. The molecule has 0 aliphatic rings. The van der Waals surface area contributed by atoms with Crippen molar-refractivity contribution in [2.24, 2.45) is 0 Å². The fraction of sp³-hybridized carbons (Fsp3) is 0.0185. The smallest absolute Gasteiger partial charge is 0.164 e. The zero-order valence-electron chi connectivity index (χ0n) is 33.2. The predicted octanol–water partition coefficient (Wildman–Crippen LogP) is 12.8. The van der Waals surface area contributed by atoms with Gasteiger partial charge in [0.05, 0.1) is 45.1 Å². The molecule has 0 radical (unpaired) electrons. The lowest BCUT2D eigenvalue weighted by Crippen LogP contribution is -2.04. The number of fused-ring (bicyclic) bond motifs is 4. The zero-order chi connectivity index (χ0) is 41.5. The largest absolute Gasteiger partial charge is 0.309 e. The van der Waals surface area contributed by atoms with Gasteiger partial charge in [0.1, 0.15) is 6.07 Å². The molecule has 3 aromatic heterocycles. The Morgan fingerprint density at radius 2 is 1.02 bits per heavy atom. The molecule has 0 aliphatic carbocycles. The number of nitriles is 2. The van der Waals surface area contributed by atoms with E-state index in [4.69, 9.17) is 15.0 Å². The number of rotatable bonds is 8.